The predicted molar refractivity (Wildman–Crippen MR) is 103 cm³/mol. The molecule has 0 saturated heterocycles. The number of hydrogen-bond donors (Lipinski definition) is 0. The van der Waals surface area contributed by atoms with E-state index in [1.54, 1.807) is 51.5 Å². The van der Waals surface area contributed by atoms with E-state index in [1.165, 1.54) is 0 Å². The molecule has 0 amide bonds. The van der Waals surface area contributed by atoms with E-state index in [0.717, 1.165) is 0 Å². The third-order valence-corrected chi connectivity index (χ3v) is 4.17. The van der Waals surface area contributed by atoms with Crippen LogP contribution in [0.3, 0.4) is 0 Å². The van der Waals surface area contributed by atoms with Crippen molar-refractivity contribution in [2.45, 2.75) is 20.8 Å². The molecule has 0 aliphatic rings. The molecular weight excluding hydrogens is 328 g/mol. The SMILES string of the molecule is C=C(C)C(=O)c1cc(OC)ccc1-c1ccc(OC)cc1C(=O)C(C)C. The summed E-state index contributed by atoms with van der Waals surface area (Å²) in [6.07, 6.45) is 0. The lowest BCUT2D eigenvalue weighted by atomic mass is 9.88. The van der Waals surface area contributed by atoms with Crippen LogP contribution in [0, 0.1) is 5.92 Å². The fourth-order valence-corrected chi connectivity index (χ4v) is 2.70. The minimum atomic E-state index is -0.183. The van der Waals surface area contributed by atoms with E-state index in [9.17, 15) is 9.59 Å². The van der Waals surface area contributed by atoms with Crippen LogP contribution in [-0.4, -0.2) is 25.8 Å². The van der Waals surface area contributed by atoms with E-state index in [-0.39, 0.29) is 17.5 Å². The van der Waals surface area contributed by atoms with Gasteiger partial charge >= 0.3 is 0 Å². The molecule has 136 valence electrons. The zero-order valence-corrected chi connectivity index (χ0v) is 15.9. The Bertz CT molecular complexity index is 862. The fraction of sp³-hybridized carbons (Fsp3) is 0.273. The van der Waals surface area contributed by atoms with Crippen molar-refractivity contribution in [2.75, 3.05) is 14.2 Å². The third kappa shape index (κ3) is 3.85. The normalized spacial score (nSPS) is 10.5. The minimum Gasteiger partial charge on any atom is -0.497 e. The Labute approximate surface area is 154 Å². The van der Waals surface area contributed by atoms with Gasteiger partial charge in [-0.3, -0.25) is 9.59 Å². The summed E-state index contributed by atoms with van der Waals surface area (Å²) < 4.78 is 10.5. The largest absolute Gasteiger partial charge is 0.497 e. The molecule has 0 spiro atoms. The highest BCUT2D eigenvalue weighted by atomic mass is 16.5. The van der Waals surface area contributed by atoms with Crippen LogP contribution >= 0.6 is 0 Å². The number of benzene rings is 2. The van der Waals surface area contributed by atoms with Gasteiger partial charge < -0.3 is 9.47 Å². The summed E-state index contributed by atoms with van der Waals surface area (Å²) in [5.41, 5.74) is 2.77. The molecule has 4 nitrogen and oxygen atoms in total. The van der Waals surface area contributed by atoms with Crippen LogP contribution in [0.4, 0.5) is 0 Å². The molecule has 0 atom stereocenters. The van der Waals surface area contributed by atoms with Crippen molar-refractivity contribution in [3.8, 4) is 22.6 Å². The number of methoxy groups -OCH3 is 2. The molecule has 0 aliphatic carbocycles. The van der Waals surface area contributed by atoms with Gasteiger partial charge in [0.2, 0.25) is 0 Å². The van der Waals surface area contributed by atoms with Gasteiger partial charge in [0.1, 0.15) is 11.5 Å². The number of allylic oxidation sites excluding steroid dienone is 1. The first kappa shape index (κ1) is 19.4. The molecule has 26 heavy (non-hydrogen) atoms. The van der Waals surface area contributed by atoms with E-state index in [2.05, 4.69) is 6.58 Å². The van der Waals surface area contributed by atoms with E-state index < -0.39 is 0 Å². The van der Waals surface area contributed by atoms with E-state index >= 15 is 0 Å². The second kappa shape index (κ2) is 8.00. The first-order valence-electron chi connectivity index (χ1n) is 8.41. The molecule has 0 N–H and O–H groups in total. The molecule has 0 unspecified atom stereocenters. The highest BCUT2D eigenvalue weighted by Crippen LogP contribution is 2.34. The average Bonchev–Trinajstić information content (AvgIpc) is 2.65. The maximum Gasteiger partial charge on any atom is 0.188 e. The first-order valence-corrected chi connectivity index (χ1v) is 8.41. The van der Waals surface area contributed by atoms with Gasteiger partial charge in [0.15, 0.2) is 11.6 Å². The molecule has 2 aromatic rings. The summed E-state index contributed by atoms with van der Waals surface area (Å²) in [6, 6.07) is 10.6. The number of ether oxygens (including phenoxy) is 2. The van der Waals surface area contributed by atoms with Gasteiger partial charge in [-0.05, 0) is 60.0 Å². The fourth-order valence-electron chi connectivity index (χ4n) is 2.70. The molecule has 0 bridgehead atoms. The van der Waals surface area contributed by atoms with Crippen molar-refractivity contribution >= 4 is 11.6 Å². The smallest absolute Gasteiger partial charge is 0.188 e. The molecular formula is C22H24O4. The lowest BCUT2D eigenvalue weighted by Gasteiger charge is -2.16. The maximum atomic E-state index is 12.8. The van der Waals surface area contributed by atoms with Gasteiger partial charge in [0, 0.05) is 17.0 Å². The Morgan fingerprint density at radius 1 is 0.885 bits per heavy atom. The van der Waals surface area contributed by atoms with Gasteiger partial charge in [-0.25, -0.2) is 0 Å². The van der Waals surface area contributed by atoms with E-state index in [4.69, 9.17) is 9.47 Å². The zero-order chi connectivity index (χ0) is 19.4. The monoisotopic (exact) mass is 352 g/mol. The molecule has 4 heteroatoms. The summed E-state index contributed by atoms with van der Waals surface area (Å²) in [6.45, 7) is 9.12. The van der Waals surface area contributed by atoms with Crippen molar-refractivity contribution in [1.82, 2.24) is 0 Å². The van der Waals surface area contributed by atoms with Crippen LogP contribution in [0.25, 0.3) is 11.1 Å². The Balaban J connectivity index is 2.77. The molecule has 0 aromatic heterocycles. The molecule has 0 radical (unpaired) electrons. The van der Waals surface area contributed by atoms with Crippen molar-refractivity contribution < 1.29 is 19.1 Å². The summed E-state index contributed by atoms with van der Waals surface area (Å²) >= 11 is 0. The number of Topliss-reactive ketones (excluding diaryl/α,β-unsaturated/α-hetero) is 2. The highest BCUT2D eigenvalue weighted by molar-refractivity contribution is 6.14. The van der Waals surface area contributed by atoms with Crippen molar-refractivity contribution in [1.29, 1.82) is 0 Å². The quantitative estimate of drug-likeness (QED) is 0.521. The lowest BCUT2D eigenvalue weighted by molar-refractivity contribution is 0.0939. The highest BCUT2D eigenvalue weighted by Gasteiger charge is 2.21. The van der Waals surface area contributed by atoms with Gasteiger partial charge in [0.25, 0.3) is 0 Å². The summed E-state index contributed by atoms with van der Waals surface area (Å²) in [5, 5.41) is 0. The Morgan fingerprint density at radius 2 is 1.35 bits per heavy atom. The van der Waals surface area contributed by atoms with Crippen LogP contribution < -0.4 is 9.47 Å². The van der Waals surface area contributed by atoms with Gasteiger partial charge in [-0.15, -0.1) is 0 Å². The number of ketones is 2. The van der Waals surface area contributed by atoms with Gasteiger partial charge in [-0.2, -0.15) is 0 Å². The number of rotatable bonds is 7. The average molecular weight is 352 g/mol. The van der Waals surface area contributed by atoms with Crippen LogP contribution in [0.1, 0.15) is 41.5 Å². The molecule has 2 rings (SSSR count). The second-order valence-corrected chi connectivity index (χ2v) is 6.45. The van der Waals surface area contributed by atoms with Crippen molar-refractivity contribution in [2.24, 2.45) is 5.92 Å². The van der Waals surface area contributed by atoms with Gasteiger partial charge in [0.05, 0.1) is 14.2 Å². The molecule has 0 fully saturated rings. The van der Waals surface area contributed by atoms with Gasteiger partial charge in [-0.1, -0.05) is 20.4 Å². The van der Waals surface area contributed by atoms with E-state index in [1.807, 2.05) is 19.9 Å². The maximum absolute atomic E-state index is 12.8. The van der Waals surface area contributed by atoms with E-state index in [0.29, 0.717) is 39.3 Å². The van der Waals surface area contributed by atoms with Crippen LogP contribution in [0.15, 0.2) is 48.6 Å². The summed E-state index contributed by atoms with van der Waals surface area (Å²) in [5.74, 6) is 0.795. The molecule has 2 aromatic carbocycles. The van der Waals surface area contributed by atoms with Crippen LogP contribution in [0.2, 0.25) is 0 Å². The number of hydrogen-bond acceptors (Lipinski definition) is 4. The minimum absolute atomic E-state index is 0.0107. The molecule has 0 heterocycles. The number of carbonyl (C=O) groups excluding carboxylic acids is 2. The summed E-state index contributed by atoms with van der Waals surface area (Å²) in [7, 11) is 3.10. The Kier molecular flexibility index (Phi) is 5.98. The molecule has 0 aliphatic heterocycles. The second-order valence-electron chi connectivity index (χ2n) is 6.45. The van der Waals surface area contributed by atoms with Crippen LogP contribution in [0.5, 0.6) is 11.5 Å². The molecule has 0 saturated carbocycles. The lowest BCUT2D eigenvalue weighted by Crippen LogP contribution is -2.11. The Hall–Kier alpha value is -2.88. The zero-order valence-electron chi connectivity index (χ0n) is 15.9. The third-order valence-electron chi connectivity index (χ3n) is 4.17. The first-order chi connectivity index (χ1) is 12.3. The van der Waals surface area contributed by atoms with Crippen LogP contribution in [-0.2, 0) is 0 Å². The summed E-state index contributed by atoms with van der Waals surface area (Å²) in [4.78, 5) is 25.4. The standard InChI is InChI=1S/C22H24O4/c1-13(2)21(23)19-11-15(25-5)7-9-17(19)18-10-8-16(26-6)12-20(18)22(24)14(3)4/h7-12,14H,1H2,2-6H3. The Morgan fingerprint density at radius 3 is 1.77 bits per heavy atom. The topological polar surface area (TPSA) is 52.6 Å². The van der Waals surface area contributed by atoms with Crippen molar-refractivity contribution in [3.05, 3.63) is 59.7 Å². The van der Waals surface area contributed by atoms with Crippen molar-refractivity contribution in [3.63, 3.8) is 0 Å². The number of carbonyl (C=O) groups is 2. The predicted octanol–water partition coefficient (Wildman–Crippen LogP) is 4.97.